The van der Waals surface area contributed by atoms with Gasteiger partial charge in [-0.15, -0.1) is 0 Å². The van der Waals surface area contributed by atoms with Gasteiger partial charge in [0.05, 0.1) is 5.60 Å². The highest BCUT2D eigenvalue weighted by molar-refractivity contribution is 5.85. The van der Waals surface area contributed by atoms with Crippen LogP contribution >= 0.6 is 0 Å². The average molecular weight is 389 g/mol. The maximum Gasteiger partial charge on any atom is 0.331 e. The second-order valence-electron chi connectivity index (χ2n) is 10.4. The topological polar surface area (TPSA) is 83.8 Å². The number of carbonyl (C=O) groups is 2. The molecule has 4 saturated carbocycles. The van der Waals surface area contributed by atoms with E-state index in [1.807, 2.05) is 0 Å². The molecular formula is C23H32O5. The number of fused-ring (bicyclic) bond motifs is 5. The standard InChI is InChI=1S/C23H32O5/c1-21-7-5-18-19(3-2-15-11-16(25)4-8-22(15,18)13-24)23(21,27)9-6-17(21)14-10-20(26)28-12-14/h10,15,17-19,24,27H,2-9,11-13H2,1H3/t15-,17-,18+,19-,21-,22-,23?/m1/s1. The van der Waals surface area contributed by atoms with Gasteiger partial charge in [0.2, 0.25) is 0 Å². The van der Waals surface area contributed by atoms with Crippen molar-refractivity contribution in [2.24, 2.45) is 34.5 Å². The summed E-state index contributed by atoms with van der Waals surface area (Å²) in [5, 5.41) is 22.6. The third-order valence-electron chi connectivity index (χ3n) is 9.79. The lowest BCUT2D eigenvalue weighted by Crippen LogP contribution is -2.63. The number of ether oxygens (including phenoxy) is 1. The summed E-state index contributed by atoms with van der Waals surface area (Å²) < 4.78 is 5.18. The molecule has 0 saturated heterocycles. The van der Waals surface area contributed by atoms with Crippen LogP contribution in [0.3, 0.4) is 0 Å². The number of ketones is 1. The first kappa shape index (κ1) is 18.8. The molecule has 0 aromatic carbocycles. The fraction of sp³-hybridized carbons (Fsp3) is 0.826. The van der Waals surface area contributed by atoms with Gasteiger partial charge in [0, 0.05) is 36.4 Å². The fourth-order valence-corrected chi connectivity index (χ4v) is 8.31. The van der Waals surface area contributed by atoms with Crippen molar-refractivity contribution >= 4 is 11.8 Å². The molecule has 0 bridgehead atoms. The van der Waals surface area contributed by atoms with Crippen molar-refractivity contribution in [1.29, 1.82) is 0 Å². The van der Waals surface area contributed by atoms with E-state index in [1.165, 1.54) is 0 Å². The van der Waals surface area contributed by atoms with E-state index >= 15 is 0 Å². The van der Waals surface area contributed by atoms with Crippen LogP contribution in [-0.4, -0.2) is 40.8 Å². The van der Waals surface area contributed by atoms with Crippen LogP contribution in [0, 0.1) is 34.5 Å². The number of rotatable bonds is 2. The van der Waals surface area contributed by atoms with E-state index in [2.05, 4.69) is 6.92 Å². The second-order valence-corrected chi connectivity index (χ2v) is 10.4. The molecule has 5 aliphatic rings. The van der Waals surface area contributed by atoms with Gasteiger partial charge in [-0.1, -0.05) is 6.92 Å². The molecule has 5 heteroatoms. The van der Waals surface area contributed by atoms with E-state index in [9.17, 15) is 19.8 Å². The third kappa shape index (κ3) is 2.26. The lowest BCUT2D eigenvalue weighted by molar-refractivity contribution is -0.213. The average Bonchev–Trinajstić information content (AvgIpc) is 3.22. The van der Waals surface area contributed by atoms with Crippen LogP contribution in [0.15, 0.2) is 11.6 Å². The molecule has 0 aromatic heterocycles. The Hall–Kier alpha value is -1.20. The number of hydrogen-bond acceptors (Lipinski definition) is 5. The molecule has 5 rings (SSSR count). The number of aliphatic hydroxyl groups is 2. The smallest absolute Gasteiger partial charge is 0.331 e. The molecule has 1 unspecified atom stereocenters. The maximum absolute atomic E-state index is 12.1. The van der Waals surface area contributed by atoms with Crippen molar-refractivity contribution in [3.8, 4) is 0 Å². The SMILES string of the molecule is C[C@]12CC[C@H]3[C@@H](CC[C@@H]4CC(=O)CC[C@@]43CO)C1(O)CC[C@@H]2C1=CC(=O)OC1. The van der Waals surface area contributed by atoms with E-state index in [-0.39, 0.29) is 47.1 Å². The van der Waals surface area contributed by atoms with Gasteiger partial charge in [0.25, 0.3) is 0 Å². The van der Waals surface area contributed by atoms with Gasteiger partial charge in [0.1, 0.15) is 12.4 Å². The molecule has 0 aromatic rings. The third-order valence-corrected chi connectivity index (χ3v) is 9.79. The summed E-state index contributed by atoms with van der Waals surface area (Å²) in [6.07, 6.45) is 9.03. The van der Waals surface area contributed by atoms with E-state index in [0.717, 1.165) is 50.5 Å². The van der Waals surface area contributed by atoms with E-state index in [0.29, 0.717) is 25.2 Å². The summed E-state index contributed by atoms with van der Waals surface area (Å²) >= 11 is 0. The highest BCUT2D eigenvalue weighted by Gasteiger charge is 2.68. The molecule has 2 N–H and O–H groups in total. The quantitative estimate of drug-likeness (QED) is 0.711. The first-order valence-electron chi connectivity index (χ1n) is 11.1. The number of cyclic esters (lactones) is 1. The Bertz CT molecular complexity index is 743. The fourth-order valence-electron chi connectivity index (χ4n) is 8.31. The molecular weight excluding hydrogens is 356 g/mol. The molecule has 1 aliphatic heterocycles. The normalized spacial score (nSPS) is 50.5. The summed E-state index contributed by atoms with van der Waals surface area (Å²) in [5.41, 5.74) is -0.155. The zero-order chi connectivity index (χ0) is 19.7. The highest BCUT2D eigenvalue weighted by atomic mass is 16.5. The first-order chi connectivity index (χ1) is 13.3. The zero-order valence-corrected chi connectivity index (χ0v) is 16.8. The number of esters is 1. The van der Waals surface area contributed by atoms with Crippen molar-refractivity contribution in [3.05, 3.63) is 11.6 Å². The molecule has 4 fully saturated rings. The lowest BCUT2D eigenvalue weighted by atomic mass is 9.43. The minimum absolute atomic E-state index is 0.135. The maximum atomic E-state index is 12.1. The van der Waals surface area contributed by atoms with Gasteiger partial charge in [-0.2, -0.15) is 0 Å². The Balaban J connectivity index is 1.49. The van der Waals surface area contributed by atoms with Crippen molar-refractivity contribution in [2.45, 2.75) is 70.3 Å². The predicted molar refractivity (Wildman–Crippen MR) is 102 cm³/mol. The Morgan fingerprint density at radius 2 is 1.93 bits per heavy atom. The van der Waals surface area contributed by atoms with Crippen molar-refractivity contribution in [3.63, 3.8) is 0 Å². The van der Waals surface area contributed by atoms with Crippen LogP contribution in [-0.2, 0) is 14.3 Å². The molecule has 1 heterocycles. The van der Waals surface area contributed by atoms with Crippen LogP contribution in [0.1, 0.15) is 64.7 Å². The number of Topliss-reactive ketones (excluding diaryl/α,β-unsaturated/α-hetero) is 1. The van der Waals surface area contributed by atoms with Crippen LogP contribution < -0.4 is 0 Å². The number of aliphatic hydroxyl groups excluding tert-OH is 1. The molecule has 154 valence electrons. The Morgan fingerprint density at radius 3 is 2.64 bits per heavy atom. The predicted octanol–water partition coefficient (Wildman–Crippen LogP) is 2.78. The van der Waals surface area contributed by atoms with Gasteiger partial charge in [-0.05, 0) is 74.2 Å². The van der Waals surface area contributed by atoms with Crippen molar-refractivity contribution in [1.82, 2.24) is 0 Å². The molecule has 0 amide bonds. The van der Waals surface area contributed by atoms with E-state index in [1.54, 1.807) is 6.08 Å². The Morgan fingerprint density at radius 1 is 1.11 bits per heavy atom. The van der Waals surface area contributed by atoms with Crippen LogP contribution in [0.5, 0.6) is 0 Å². The van der Waals surface area contributed by atoms with E-state index in [4.69, 9.17) is 4.74 Å². The summed E-state index contributed by atoms with van der Waals surface area (Å²) in [5.74, 6) is 1.01. The minimum Gasteiger partial charge on any atom is -0.458 e. The van der Waals surface area contributed by atoms with Crippen molar-refractivity contribution < 1.29 is 24.5 Å². The van der Waals surface area contributed by atoms with Gasteiger partial charge >= 0.3 is 5.97 Å². The largest absolute Gasteiger partial charge is 0.458 e. The monoisotopic (exact) mass is 388 g/mol. The Kier molecular flexibility index (Phi) is 4.13. The van der Waals surface area contributed by atoms with Gasteiger partial charge in [-0.25, -0.2) is 4.79 Å². The number of hydrogen-bond donors (Lipinski definition) is 2. The van der Waals surface area contributed by atoms with Crippen LogP contribution in [0.4, 0.5) is 0 Å². The molecule has 0 spiro atoms. The molecule has 28 heavy (non-hydrogen) atoms. The molecule has 0 radical (unpaired) electrons. The lowest BCUT2D eigenvalue weighted by Gasteiger charge is -2.63. The van der Waals surface area contributed by atoms with Gasteiger partial charge < -0.3 is 14.9 Å². The summed E-state index contributed by atoms with van der Waals surface area (Å²) in [6, 6.07) is 0. The summed E-state index contributed by atoms with van der Waals surface area (Å²) in [6.45, 7) is 2.72. The summed E-state index contributed by atoms with van der Waals surface area (Å²) in [7, 11) is 0. The van der Waals surface area contributed by atoms with Crippen molar-refractivity contribution in [2.75, 3.05) is 13.2 Å². The zero-order valence-electron chi connectivity index (χ0n) is 16.8. The van der Waals surface area contributed by atoms with Gasteiger partial charge in [-0.3, -0.25) is 4.79 Å². The number of carbonyl (C=O) groups excluding carboxylic acids is 2. The van der Waals surface area contributed by atoms with E-state index < -0.39 is 5.60 Å². The molecule has 5 nitrogen and oxygen atoms in total. The first-order valence-corrected chi connectivity index (χ1v) is 11.1. The molecule has 4 aliphatic carbocycles. The highest BCUT2D eigenvalue weighted by Crippen LogP contribution is 2.69. The minimum atomic E-state index is -0.762. The Labute approximate surface area is 166 Å². The summed E-state index contributed by atoms with van der Waals surface area (Å²) in [4.78, 5) is 23.7. The van der Waals surface area contributed by atoms with Gasteiger partial charge in [0.15, 0.2) is 0 Å². The van der Waals surface area contributed by atoms with Crippen LogP contribution in [0.25, 0.3) is 0 Å². The van der Waals surface area contributed by atoms with Crippen LogP contribution in [0.2, 0.25) is 0 Å². The second kappa shape index (κ2) is 6.15. The molecule has 7 atom stereocenters.